The number of anilines is 1. The van der Waals surface area contributed by atoms with E-state index < -0.39 is 0 Å². The third-order valence-electron chi connectivity index (χ3n) is 5.82. The molecule has 0 spiro atoms. The number of aliphatic hydroxyl groups excluding tert-OH is 1. The molecule has 2 aliphatic rings. The molecule has 26 heavy (non-hydrogen) atoms. The van der Waals surface area contributed by atoms with E-state index in [0.717, 1.165) is 37.2 Å². The smallest absolute Gasteiger partial charge is 0.322 e. The summed E-state index contributed by atoms with van der Waals surface area (Å²) in [7, 11) is 1.79. The van der Waals surface area contributed by atoms with Gasteiger partial charge in [-0.3, -0.25) is 5.32 Å². The molecule has 1 aliphatic carbocycles. The highest BCUT2D eigenvalue weighted by Gasteiger charge is 2.34. The summed E-state index contributed by atoms with van der Waals surface area (Å²) < 4.78 is 7.40. The maximum absolute atomic E-state index is 12.7. The van der Waals surface area contributed by atoms with Crippen LogP contribution in [0.2, 0.25) is 0 Å². The van der Waals surface area contributed by atoms with Gasteiger partial charge in [-0.25, -0.2) is 9.48 Å². The van der Waals surface area contributed by atoms with E-state index in [1.807, 2.05) is 17.7 Å². The maximum atomic E-state index is 12.7. The second-order valence-corrected chi connectivity index (χ2v) is 7.96. The van der Waals surface area contributed by atoms with Gasteiger partial charge in [0, 0.05) is 38.3 Å². The molecule has 1 aliphatic heterocycles. The van der Waals surface area contributed by atoms with Crippen LogP contribution in [0, 0.1) is 12.3 Å². The van der Waals surface area contributed by atoms with E-state index in [1.54, 1.807) is 11.9 Å². The Hall–Kier alpha value is -1.60. The van der Waals surface area contributed by atoms with Crippen LogP contribution in [0.1, 0.15) is 56.7 Å². The number of nitrogens with zero attached hydrogens (tertiary/aromatic N) is 3. The van der Waals surface area contributed by atoms with Gasteiger partial charge in [0.05, 0.1) is 18.3 Å². The Labute approximate surface area is 155 Å². The minimum absolute atomic E-state index is 0.0765. The molecular weight excluding hydrogens is 332 g/mol. The fourth-order valence-electron chi connectivity index (χ4n) is 4.16. The van der Waals surface area contributed by atoms with Gasteiger partial charge in [-0.2, -0.15) is 5.10 Å². The largest absolute Gasteiger partial charge is 0.396 e. The highest BCUT2D eigenvalue weighted by molar-refractivity contribution is 5.88. The predicted molar refractivity (Wildman–Crippen MR) is 100 cm³/mol. The van der Waals surface area contributed by atoms with E-state index >= 15 is 0 Å². The predicted octanol–water partition coefficient (Wildman–Crippen LogP) is 2.95. The van der Waals surface area contributed by atoms with Crippen molar-refractivity contribution in [2.75, 3.05) is 38.7 Å². The van der Waals surface area contributed by atoms with Gasteiger partial charge in [-0.05, 0) is 32.6 Å². The number of aryl methyl sites for hydroxylation is 1. The number of nitrogens with one attached hydrogen (secondary N) is 1. The first-order chi connectivity index (χ1) is 12.5. The molecule has 7 heteroatoms. The summed E-state index contributed by atoms with van der Waals surface area (Å²) in [5.74, 6) is 0.774. The second kappa shape index (κ2) is 8.39. The summed E-state index contributed by atoms with van der Waals surface area (Å²) in [6, 6.07) is 2.16. The Kier molecular flexibility index (Phi) is 6.19. The molecule has 7 nitrogen and oxygen atoms in total. The molecular formula is C19H32N4O3. The van der Waals surface area contributed by atoms with Crippen molar-refractivity contribution in [3.63, 3.8) is 0 Å². The highest BCUT2D eigenvalue weighted by Crippen LogP contribution is 2.32. The van der Waals surface area contributed by atoms with Crippen LogP contribution in [-0.4, -0.2) is 59.2 Å². The summed E-state index contributed by atoms with van der Waals surface area (Å²) in [6.07, 6.45) is 7.52. The van der Waals surface area contributed by atoms with Gasteiger partial charge >= 0.3 is 6.03 Å². The number of carbonyl (C=O) groups is 1. The standard InChI is InChI=1S/C19H32N4O3/c1-15-12-17(23(21-15)16-6-4-3-5-7-16)20-18(25)22(2)13-19(14-24)8-10-26-11-9-19/h12,16,24H,3-11,13-14H2,1-2H3,(H,20,25). The minimum Gasteiger partial charge on any atom is -0.396 e. The van der Waals surface area contributed by atoms with Gasteiger partial charge < -0.3 is 14.7 Å². The van der Waals surface area contributed by atoms with Crippen LogP contribution in [0.5, 0.6) is 0 Å². The molecule has 2 amide bonds. The van der Waals surface area contributed by atoms with Crippen LogP contribution in [0.4, 0.5) is 10.6 Å². The lowest BCUT2D eigenvalue weighted by atomic mass is 9.80. The highest BCUT2D eigenvalue weighted by atomic mass is 16.5. The van der Waals surface area contributed by atoms with Gasteiger partial charge in [-0.1, -0.05) is 19.3 Å². The van der Waals surface area contributed by atoms with Gasteiger partial charge in [0.1, 0.15) is 5.82 Å². The molecule has 2 heterocycles. The fourth-order valence-corrected chi connectivity index (χ4v) is 4.16. The van der Waals surface area contributed by atoms with Crippen molar-refractivity contribution in [1.29, 1.82) is 0 Å². The Bertz CT molecular complexity index is 604. The monoisotopic (exact) mass is 364 g/mol. The van der Waals surface area contributed by atoms with Crippen LogP contribution >= 0.6 is 0 Å². The van der Waals surface area contributed by atoms with E-state index in [1.165, 1.54) is 19.3 Å². The lowest BCUT2D eigenvalue weighted by Gasteiger charge is -2.38. The van der Waals surface area contributed by atoms with Gasteiger partial charge in [0.15, 0.2) is 0 Å². The molecule has 1 aromatic heterocycles. The van der Waals surface area contributed by atoms with Gasteiger partial charge in [0.2, 0.25) is 0 Å². The lowest BCUT2D eigenvalue weighted by molar-refractivity contribution is -0.0255. The summed E-state index contributed by atoms with van der Waals surface area (Å²) in [5.41, 5.74) is 0.661. The van der Waals surface area contributed by atoms with Crippen LogP contribution in [0.15, 0.2) is 6.07 Å². The number of aromatic nitrogens is 2. The Morgan fingerprint density at radius 2 is 2.08 bits per heavy atom. The summed E-state index contributed by atoms with van der Waals surface area (Å²) >= 11 is 0. The van der Waals surface area contributed by atoms with Crippen LogP contribution in [0.3, 0.4) is 0 Å². The summed E-state index contributed by atoms with van der Waals surface area (Å²) in [5, 5.41) is 17.5. The lowest BCUT2D eigenvalue weighted by Crippen LogP contribution is -2.46. The number of carbonyl (C=O) groups excluding carboxylic acids is 1. The molecule has 0 unspecified atom stereocenters. The zero-order chi connectivity index (χ0) is 18.6. The Morgan fingerprint density at radius 1 is 1.38 bits per heavy atom. The van der Waals surface area contributed by atoms with Crippen molar-refractivity contribution in [2.45, 2.75) is 57.9 Å². The first-order valence-electron chi connectivity index (χ1n) is 9.80. The molecule has 0 radical (unpaired) electrons. The van der Waals surface area contributed by atoms with Crippen molar-refractivity contribution in [1.82, 2.24) is 14.7 Å². The quantitative estimate of drug-likeness (QED) is 0.842. The molecule has 2 fully saturated rings. The van der Waals surface area contributed by atoms with Crippen molar-refractivity contribution in [2.24, 2.45) is 5.41 Å². The molecule has 146 valence electrons. The molecule has 1 saturated carbocycles. The molecule has 3 rings (SSSR count). The normalized spacial score (nSPS) is 20.7. The van der Waals surface area contributed by atoms with E-state index in [9.17, 15) is 9.90 Å². The number of rotatable bonds is 5. The molecule has 1 saturated heterocycles. The third kappa shape index (κ3) is 4.38. The minimum atomic E-state index is -0.260. The van der Waals surface area contributed by atoms with E-state index in [4.69, 9.17) is 4.74 Å². The first kappa shape index (κ1) is 19.2. The van der Waals surface area contributed by atoms with E-state index in [-0.39, 0.29) is 18.1 Å². The average molecular weight is 364 g/mol. The third-order valence-corrected chi connectivity index (χ3v) is 5.82. The molecule has 0 bridgehead atoms. The van der Waals surface area contributed by atoms with Gasteiger partial charge in [-0.15, -0.1) is 0 Å². The van der Waals surface area contributed by atoms with Crippen LogP contribution in [-0.2, 0) is 4.74 Å². The first-order valence-corrected chi connectivity index (χ1v) is 9.80. The Morgan fingerprint density at radius 3 is 2.73 bits per heavy atom. The van der Waals surface area contributed by atoms with E-state index in [2.05, 4.69) is 10.4 Å². The maximum Gasteiger partial charge on any atom is 0.322 e. The number of amides is 2. The van der Waals surface area contributed by atoms with Crippen molar-refractivity contribution < 1.29 is 14.6 Å². The van der Waals surface area contributed by atoms with Crippen LogP contribution in [0.25, 0.3) is 0 Å². The SMILES string of the molecule is Cc1cc(NC(=O)N(C)CC2(CO)CCOCC2)n(C2CCCCC2)n1. The van der Waals surface area contributed by atoms with E-state index in [0.29, 0.717) is 25.8 Å². The van der Waals surface area contributed by atoms with Crippen molar-refractivity contribution in [3.05, 3.63) is 11.8 Å². The second-order valence-electron chi connectivity index (χ2n) is 7.96. The average Bonchev–Trinajstić information content (AvgIpc) is 3.03. The number of urea groups is 1. The topological polar surface area (TPSA) is 79.6 Å². The zero-order valence-corrected chi connectivity index (χ0v) is 16.0. The van der Waals surface area contributed by atoms with Gasteiger partial charge in [0.25, 0.3) is 0 Å². The number of hydrogen-bond acceptors (Lipinski definition) is 4. The number of ether oxygens (including phenoxy) is 1. The molecule has 0 aromatic carbocycles. The fraction of sp³-hybridized carbons (Fsp3) is 0.789. The van der Waals surface area contributed by atoms with Crippen molar-refractivity contribution >= 4 is 11.8 Å². The summed E-state index contributed by atoms with van der Waals surface area (Å²) in [6.45, 7) is 3.84. The number of aliphatic hydroxyl groups is 1. The zero-order valence-electron chi connectivity index (χ0n) is 16.0. The Balaban J connectivity index is 1.65. The van der Waals surface area contributed by atoms with Crippen LogP contribution < -0.4 is 5.32 Å². The summed E-state index contributed by atoms with van der Waals surface area (Å²) in [4.78, 5) is 14.4. The number of hydrogen-bond donors (Lipinski definition) is 2. The molecule has 0 atom stereocenters. The molecule has 2 N–H and O–H groups in total. The van der Waals surface area contributed by atoms with Crippen molar-refractivity contribution in [3.8, 4) is 0 Å². The molecule has 1 aromatic rings.